The van der Waals surface area contributed by atoms with Gasteiger partial charge in [-0.3, -0.25) is 10.1 Å². The summed E-state index contributed by atoms with van der Waals surface area (Å²) in [5, 5.41) is 10.9. The van der Waals surface area contributed by atoms with Crippen LogP contribution in [0, 0.1) is 22.9 Å². The quantitative estimate of drug-likeness (QED) is 0.365. The van der Waals surface area contributed by atoms with Gasteiger partial charge in [0, 0.05) is 12.1 Å². The lowest BCUT2D eigenvalue weighted by molar-refractivity contribution is -0.385. The third-order valence-electron chi connectivity index (χ3n) is 2.99. The second kappa shape index (κ2) is 6.87. The second-order valence-corrected chi connectivity index (χ2v) is 4.86. The molecule has 2 rings (SSSR count). The minimum Gasteiger partial charge on any atom is -0.479 e. The van der Waals surface area contributed by atoms with E-state index in [4.69, 9.17) is 9.47 Å². The molecule has 0 aliphatic carbocycles. The minimum absolute atomic E-state index is 0.453. The number of benzene rings is 2. The lowest BCUT2D eigenvalue weighted by atomic mass is 10.2. The van der Waals surface area contributed by atoms with Gasteiger partial charge in [0.15, 0.2) is 6.10 Å². The number of aryl methyl sites for hydroxylation is 1. The van der Waals surface area contributed by atoms with E-state index in [2.05, 4.69) is 0 Å². The van der Waals surface area contributed by atoms with Crippen molar-refractivity contribution in [1.82, 2.24) is 0 Å². The molecule has 2 aromatic rings. The van der Waals surface area contributed by atoms with Crippen LogP contribution in [0.1, 0.15) is 12.5 Å². The normalized spacial score (nSPS) is 11.6. The van der Waals surface area contributed by atoms with Gasteiger partial charge in [0.1, 0.15) is 11.6 Å². The summed E-state index contributed by atoms with van der Waals surface area (Å²) in [5.41, 5.74) is 0.533. The highest BCUT2D eigenvalue weighted by atomic mass is 19.1. The van der Waals surface area contributed by atoms with Crippen LogP contribution in [0.15, 0.2) is 42.5 Å². The number of esters is 1. The van der Waals surface area contributed by atoms with Crippen molar-refractivity contribution in [2.45, 2.75) is 20.0 Å². The van der Waals surface area contributed by atoms with Gasteiger partial charge in [0.25, 0.3) is 0 Å². The Bertz CT molecular complexity index is 730. The van der Waals surface area contributed by atoms with Gasteiger partial charge in [-0.1, -0.05) is 17.7 Å². The van der Waals surface area contributed by atoms with Crippen LogP contribution >= 0.6 is 0 Å². The third-order valence-corrected chi connectivity index (χ3v) is 2.99. The molecular weight excluding hydrogens is 305 g/mol. The molecule has 0 spiro atoms. The number of ether oxygens (including phenoxy) is 2. The predicted octanol–water partition coefficient (Wildman–Crippen LogP) is 3.42. The molecule has 0 saturated carbocycles. The lowest BCUT2D eigenvalue weighted by Gasteiger charge is -2.14. The molecule has 2 aromatic carbocycles. The summed E-state index contributed by atoms with van der Waals surface area (Å²) in [4.78, 5) is 22.1. The molecular formula is C16H14FNO5. The molecule has 0 radical (unpaired) electrons. The first-order chi connectivity index (χ1) is 10.9. The number of carbonyl (C=O) groups excluding carboxylic acids is 1. The van der Waals surface area contributed by atoms with E-state index in [1.54, 1.807) is 12.1 Å². The van der Waals surface area contributed by atoms with Crippen LogP contribution in [0.5, 0.6) is 11.5 Å². The fourth-order valence-electron chi connectivity index (χ4n) is 1.78. The van der Waals surface area contributed by atoms with Gasteiger partial charge in [0.2, 0.25) is 5.75 Å². The summed E-state index contributed by atoms with van der Waals surface area (Å²) < 4.78 is 23.5. The standard InChI is InChI=1S/C16H14FNO5/c1-10-3-6-13(7-4-10)22-11(2)16(19)23-15-9-12(17)5-8-14(15)18(20)21/h3-9,11H,1-2H3. The number of halogens is 1. The lowest BCUT2D eigenvalue weighted by Crippen LogP contribution is -2.28. The highest BCUT2D eigenvalue weighted by molar-refractivity contribution is 5.78. The molecule has 0 saturated heterocycles. The van der Waals surface area contributed by atoms with Crippen LogP contribution < -0.4 is 9.47 Å². The Morgan fingerprint density at radius 2 is 1.87 bits per heavy atom. The molecule has 7 heteroatoms. The average molecular weight is 319 g/mol. The van der Waals surface area contributed by atoms with Gasteiger partial charge in [-0.15, -0.1) is 0 Å². The third kappa shape index (κ3) is 4.26. The summed E-state index contributed by atoms with van der Waals surface area (Å²) in [6, 6.07) is 9.63. The first kappa shape index (κ1) is 16.4. The number of nitro groups is 1. The van der Waals surface area contributed by atoms with Crippen molar-refractivity contribution in [1.29, 1.82) is 0 Å². The summed E-state index contributed by atoms with van der Waals surface area (Å²) in [6.07, 6.45) is -1.01. The van der Waals surface area contributed by atoms with Gasteiger partial charge in [-0.05, 0) is 32.0 Å². The van der Waals surface area contributed by atoms with Crippen LogP contribution in [0.2, 0.25) is 0 Å². The second-order valence-electron chi connectivity index (χ2n) is 4.86. The Morgan fingerprint density at radius 3 is 2.48 bits per heavy atom. The van der Waals surface area contributed by atoms with Crippen molar-refractivity contribution in [3.8, 4) is 11.5 Å². The maximum absolute atomic E-state index is 13.2. The zero-order chi connectivity index (χ0) is 17.0. The molecule has 0 heterocycles. The van der Waals surface area contributed by atoms with Crippen molar-refractivity contribution < 1.29 is 23.6 Å². The first-order valence-corrected chi connectivity index (χ1v) is 6.76. The molecule has 1 unspecified atom stereocenters. The van der Waals surface area contributed by atoms with Crippen LogP contribution in [-0.4, -0.2) is 17.0 Å². The van der Waals surface area contributed by atoms with Crippen molar-refractivity contribution in [2.24, 2.45) is 0 Å². The molecule has 6 nitrogen and oxygen atoms in total. The zero-order valence-electron chi connectivity index (χ0n) is 12.5. The highest BCUT2D eigenvalue weighted by Gasteiger charge is 2.23. The molecule has 120 valence electrons. The Morgan fingerprint density at radius 1 is 1.22 bits per heavy atom. The van der Waals surface area contributed by atoms with Crippen LogP contribution in [0.3, 0.4) is 0 Å². The van der Waals surface area contributed by atoms with Crippen molar-refractivity contribution in [3.05, 3.63) is 64.0 Å². The van der Waals surface area contributed by atoms with E-state index < -0.39 is 34.3 Å². The minimum atomic E-state index is -1.01. The molecule has 0 aliphatic rings. The number of nitrogens with zero attached hydrogens (tertiary/aromatic N) is 1. The predicted molar refractivity (Wildman–Crippen MR) is 80.0 cm³/mol. The van der Waals surface area contributed by atoms with E-state index in [1.165, 1.54) is 6.92 Å². The summed E-state index contributed by atoms with van der Waals surface area (Å²) in [5.74, 6) is -1.61. The number of nitro benzene ring substituents is 1. The van der Waals surface area contributed by atoms with Gasteiger partial charge in [-0.25, -0.2) is 9.18 Å². The van der Waals surface area contributed by atoms with E-state index >= 15 is 0 Å². The SMILES string of the molecule is Cc1ccc(OC(C)C(=O)Oc2cc(F)ccc2[N+](=O)[O-])cc1. The Labute approximate surface area is 131 Å². The van der Waals surface area contributed by atoms with E-state index in [0.717, 1.165) is 23.8 Å². The van der Waals surface area contributed by atoms with Crippen LogP contribution in [0.4, 0.5) is 10.1 Å². The topological polar surface area (TPSA) is 78.7 Å². The summed E-state index contributed by atoms with van der Waals surface area (Å²) in [7, 11) is 0. The molecule has 0 amide bonds. The van der Waals surface area contributed by atoms with Crippen LogP contribution in [-0.2, 0) is 4.79 Å². The Hall–Kier alpha value is -2.96. The van der Waals surface area contributed by atoms with Gasteiger partial charge >= 0.3 is 11.7 Å². The molecule has 23 heavy (non-hydrogen) atoms. The van der Waals surface area contributed by atoms with Crippen molar-refractivity contribution in [2.75, 3.05) is 0 Å². The van der Waals surface area contributed by atoms with Gasteiger partial charge in [0.05, 0.1) is 4.92 Å². The molecule has 0 N–H and O–H groups in total. The zero-order valence-corrected chi connectivity index (χ0v) is 12.5. The smallest absolute Gasteiger partial charge is 0.352 e. The number of rotatable bonds is 5. The maximum Gasteiger partial charge on any atom is 0.352 e. The van der Waals surface area contributed by atoms with Crippen LogP contribution in [0.25, 0.3) is 0 Å². The monoisotopic (exact) mass is 319 g/mol. The maximum atomic E-state index is 13.2. The van der Waals surface area contributed by atoms with Crippen molar-refractivity contribution in [3.63, 3.8) is 0 Å². The molecule has 0 fully saturated rings. The molecule has 1 atom stereocenters. The fourth-order valence-corrected chi connectivity index (χ4v) is 1.78. The average Bonchev–Trinajstić information content (AvgIpc) is 2.49. The Balaban J connectivity index is 2.10. The van der Waals surface area contributed by atoms with Crippen molar-refractivity contribution >= 4 is 11.7 Å². The number of carbonyl (C=O) groups is 1. The largest absolute Gasteiger partial charge is 0.479 e. The van der Waals surface area contributed by atoms with E-state index in [1.807, 2.05) is 19.1 Å². The van der Waals surface area contributed by atoms with Gasteiger partial charge < -0.3 is 9.47 Å². The summed E-state index contributed by atoms with van der Waals surface area (Å²) in [6.45, 7) is 3.35. The van der Waals surface area contributed by atoms with E-state index in [0.29, 0.717) is 5.75 Å². The van der Waals surface area contributed by atoms with E-state index in [9.17, 15) is 19.3 Å². The van der Waals surface area contributed by atoms with E-state index in [-0.39, 0.29) is 0 Å². The Kier molecular flexibility index (Phi) is 4.90. The number of hydrogen-bond donors (Lipinski definition) is 0. The summed E-state index contributed by atoms with van der Waals surface area (Å²) >= 11 is 0. The fraction of sp³-hybridized carbons (Fsp3) is 0.188. The molecule has 0 aliphatic heterocycles. The first-order valence-electron chi connectivity index (χ1n) is 6.76. The molecule has 0 aromatic heterocycles. The van der Waals surface area contributed by atoms with Gasteiger partial charge in [-0.2, -0.15) is 0 Å². The highest BCUT2D eigenvalue weighted by Crippen LogP contribution is 2.28. The molecule has 0 bridgehead atoms. The number of hydrogen-bond acceptors (Lipinski definition) is 5.